The van der Waals surface area contributed by atoms with E-state index in [0.717, 1.165) is 18.4 Å². The fourth-order valence-corrected chi connectivity index (χ4v) is 3.14. The molecule has 0 fully saturated rings. The normalized spacial score (nSPS) is 24.5. The summed E-state index contributed by atoms with van der Waals surface area (Å²) in [6.45, 7) is 4.08. The van der Waals surface area contributed by atoms with Crippen LogP contribution in [0, 0.1) is 5.82 Å². The van der Waals surface area contributed by atoms with Crippen LogP contribution in [0.1, 0.15) is 56.6 Å². The van der Waals surface area contributed by atoms with Crippen molar-refractivity contribution in [3.05, 3.63) is 35.1 Å². The minimum atomic E-state index is -1.30. The molecule has 2 rings (SSSR count). The SMILES string of the molecule is CCC[C@H]1C[C@](O)(CC(=O)OCC)c2cc(F)ccc21. The number of carbonyl (C=O) groups is 1. The standard InChI is InChI=1S/C16H21FO3/c1-3-5-11-9-16(19,10-15(18)20-4-2)14-8-12(17)6-7-13(11)14/h6-8,11,19H,3-5,9-10H2,1-2H3/t11-,16-/m0/s1. The van der Waals surface area contributed by atoms with Gasteiger partial charge in [0.15, 0.2) is 0 Å². The molecule has 4 heteroatoms. The second kappa shape index (κ2) is 5.92. The van der Waals surface area contributed by atoms with Gasteiger partial charge in [-0.25, -0.2) is 4.39 Å². The highest BCUT2D eigenvalue weighted by Gasteiger charge is 2.43. The zero-order valence-electron chi connectivity index (χ0n) is 12.0. The van der Waals surface area contributed by atoms with E-state index in [1.54, 1.807) is 13.0 Å². The molecule has 0 saturated heterocycles. The zero-order chi connectivity index (χ0) is 14.8. The number of hydrogen-bond donors (Lipinski definition) is 1. The third-order valence-electron chi connectivity index (χ3n) is 3.92. The Morgan fingerprint density at radius 2 is 2.25 bits per heavy atom. The molecule has 0 amide bonds. The first-order valence-corrected chi connectivity index (χ1v) is 7.18. The lowest BCUT2D eigenvalue weighted by Gasteiger charge is -2.23. The monoisotopic (exact) mass is 280 g/mol. The quantitative estimate of drug-likeness (QED) is 0.842. The molecule has 0 heterocycles. The van der Waals surface area contributed by atoms with E-state index in [1.807, 2.05) is 0 Å². The third-order valence-corrected chi connectivity index (χ3v) is 3.92. The third kappa shape index (κ3) is 2.85. The van der Waals surface area contributed by atoms with Gasteiger partial charge in [-0.2, -0.15) is 0 Å². The average molecular weight is 280 g/mol. The van der Waals surface area contributed by atoms with Crippen LogP contribution in [-0.2, 0) is 15.1 Å². The summed E-state index contributed by atoms with van der Waals surface area (Å²) in [5.41, 5.74) is 0.202. The molecule has 0 aliphatic heterocycles. The molecular formula is C16H21FO3. The molecule has 1 aliphatic carbocycles. The number of ether oxygens (including phenoxy) is 1. The van der Waals surface area contributed by atoms with Crippen LogP contribution in [0.4, 0.5) is 4.39 Å². The highest BCUT2D eigenvalue weighted by atomic mass is 19.1. The highest BCUT2D eigenvalue weighted by Crippen LogP contribution is 2.48. The number of rotatable bonds is 5. The summed E-state index contributed by atoms with van der Waals surface area (Å²) in [5.74, 6) is -0.652. The van der Waals surface area contributed by atoms with Gasteiger partial charge in [0.25, 0.3) is 0 Å². The van der Waals surface area contributed by atoms with Gasteiger partial charge in [-0.05, 0) is 48.9 Å². The van der Waals surface area contributed by atoms with Crippen LogP contribution in [0.2, 0.25) is 0 Å². The van der Waals surface area contributed by atoms with Gasteiger partial charge < -0.3 is 9.84 Å². The topological polar surface area (TPSA) is 46.5 Å². The van der Waals surface area contributed by atoms with Crippen LogP contribution in [-0.4, -0.2) is 17.7 Å². The van der Waals surface area contributed by atoms with Gasteiger partial charge in [0.1, 0.15) is 11.4 Å². The number of benzene rings is 1. The predicted molar refractivity (Wildman–Crippen MR) is 73.8 cm³/mol. The van der Waals surface area contributed by atoms with Gasteiger partial charge in [0, 0.05) is 0 Å². The van der Waals surface area contributed by atoms with Crippen LogP contribution in [0.3, 0.4) is 0 Å². The molecule has 1 aromatic carbocycles. The van der Waals surface area contributed by atoms with Gasteiger partial charge in [-0.15, -0.1) is 0 Å². The summed E-state index contributed by atoms with van der Waals surface area (Å²) < 4.78 is 18.4. The molecule has 0 unspecified atom stereocenters. The maximum absolute atomic E-state index is 13.5. The van der Waals surface area contributed by atoms with Gasteiger partial charge in [-0.1, -0.05) is 19.4 Å². The lowest BCUT2D eigenvalue weighted by molar-refractivity contribution is -0.149. The molecule has 20 heavy (non-hydrogen) atoms. The maximum atomic E-state index is 13.5. The van der Waals surface area contributed by atoms with Crippen molar-refractivity contribution in [3.63, 3.8) is 0 Å². The molecule has 1 aliphatic rings. The van der Waals surface area contributed by atoms with Gasteiger partial charge in [-0.3, -0.25) is 4.79 Å². The van der Waals surface area contributed by atoms with E-state index in [2.05, 4.69) is 6.92 Å². The van der Waals surface area contributed by atoms with Crippen molar-refractivity contribution in [1.82, 2.24) is 0 Å². The second-order valence-corrected chi connectivity index (χ2v) is 5.43. The maximum Gasteiger partial charge on any atom is 0.309 e. The lowest BCUT2D eigenvalue weighted by atomic mass is 9.91. The van der Waals surface area contributed by atoms with E-state index < -0.39 is 11.6 Å². The summed E-state index contributed by atoms with van der Waals surface area (Å²) in [4.78, 5) is 11.7. The van der Waals surface area contributed by atoms with Crippen molar-refractivity contribution in [2.45, 2.75) is 51.0 Å². The summed E-state index contributed by atoms with van der Waals surface area (Å²) in [6.07, 6.45) is 2.25. The first kappa shape index (κ1) is 15.0. The predicted octanol–water partition coefficient (Wildman–Crippen LogP) is 3.25. The number of hydrogen-bond acceptors (Lipinski definition) is 3. The Hall–Kier alpha value is -1.42. The largest absolute Gasteiger partial charge is 0.466 e. The molecule has 0 saturated carbocycles. The van der Waals surface area contributed by atoms with E-state index in [-0.39, 0.29) is 24.8 Å². The summed E-state index contributed by atoms with van der Waals surface area (Å²) >= 11 is 0. The molecule has 3 nitrogen and oxygen atoms in total. The van der Waals surface area contributed by atoms with Gasteiger partial charge in [0.2, 0.25) is 0 Å². The molecule has 1 aromatic rings. The fraction of sp³-hybridized carbons (Fsp3) is 0.562. The molecule has 2 atom stereocenters. The Bertz CT molecular complexity index is 500. The van der Waals surface area contributed by atoms with Crippen molar-refractivity contribution in [1.29, 1.82) is 0 Å². The minimum Gasteiger partial charge on any atom is -0.466 e. The smallest absolute Gasteiger partial charge is 0.309 e. The molecule has 0 aromatic heterocycles. The Kier molecular flexibility index (Phi) is 4.43. The molecule has 0 bridgehead atoms. The van der Waals surface area contributed by atoms with E-state index >= 15 is 0 Å². The Morgan fingerprint density at radius 1 is 1.50 bits per heavy atom. The van der Waals surface area contributed by atoms with Crippen molar-refractivity contribution >= 4 is 5.97 Å². The van der Waals surface area contributed by atoms with E-state index in [9.17, 15) is 14.3 Å². The summed E-state index contributed by atoms with van der Waals surface area (Å²) in [7, 11) is 0. The minimum absolute atomic E-state index is 0.114. The fourth-order valence-electron chi connectivity index (χ4n) is 3.14. The number of fused-ring (bicyclic) bond motifs is 1. The number of esters is 1. The van der Waals surface area contributed by atoms with Gasteiger partial charge in [0.05, 0.1) is 13.0 Å². The van der Waals surface area contributed by atoms with Gasteiger partial charge >= 0.3 is 5.97 Å². The molecule has 0 radical (unpaired) electrons. The lowest BCUT2D eigenvalue weighted by Crippen LogP contribution is -2.27. The average Bonchev–Trinajstić information content (AvgIpc) is 2.63. The molecular weight excluding hydrogens is 259 g/mol. The van der Waals surface area contributed by atoms with E-state index in [1.165, 1.54) is 12.1 Å². The highest BCUT2D eigenvalue weighted by molar-refractivity contribution is 5.71. The van der Waals surface area contributed by atoms with E-state index in [0.29, 0.717) is 12.0 Å². The van der Waals surface area contributed by atoms with Crippen LogP contribution >= 0.6 is 0 Å². The van der Waals surface area contributed by atoms with Crippen molar-refractivity contribution < 1.29 is 19.0 Å². The zero-order valence-corrected chi connectivity index (χ0v) is 12.0. The molecule has 1 N–H and O–H groups in total. The first-order chi connectivity index (χ1) is 9.50. The van der Waals surface area contributed by atoms with Crippen LogP contribution < -0.4 is 0 Å². The Balaban J connectivity index is 2.32. The Labute approximate surface area is 118 Å². The number of halogens is 1. The van der Waals surface area contributed by atoms with Crippen LogP contribution in [0.15, 0.2) is 18.2 Å². The van der Waals surface area contributed by atoms with Crippen molar-refractivity contribution in [3.8, 4) is 0 Å². The molecule has 110 valence electrons. The van der Waals surface area contributed by atoms with E-state index in [4.69, 9.17) is 4.74 Å². The van der Waals surface area contributed by atoms with Crippen LogP contribution in [0.25, 0.3) is 0 Å². The number of carbonyl (C=O) groups excluding carboxylic acids is 1. The second-order valence-electron chi connectivity index (χ2n) is 5.43. The Morgan fingerprint density at radius 3 is 2.90 bits per heavy atom. The van der Waals surface area contributed by atoms with Crippen LogP contribution in [0.5, 0.6) is 0 Å². The summed E-state index contributed by atoms with van der Waals surface area (Å²) in [5, 5.41) is 10.8. The van der Waals surface area contributed by atoms with Crippen molar-refractivity contribution in [2.24, 2.45) is 0 Å². The summed E-state index contributed by atoms with van der Waals surface area (Å²) in [6, 6.07) is 4.50. The first-order valence-electron chi connectivity index (χ1n) is 7.18. The number of aliphatic hydroxyl groups is 1. The van der Waals surface area contributed by atoms with Crippen molar-refractivity contribution in [2.75, 3.05) is 6.61 Å². The molecule has 0 spiro atoms.